The molecular formula is C11H18BrN3O. The monoisotopic (exact) mass is 287 g/mol. The summed E-state index contributed by atoms with van der Waals surface area (Å²) in [6.07, 6.45) is 4.49. The molecule has 0 amide bonds. The molecule has 1 fully saturated rings. The molecule has 2 N–H and O–H groups in total. The van der Waals surface area contributed by atoms with Crippen molar-refractivity contribution < 1.29 is 5.11 Å². The van der Waals surface area contributed by atoms with Crippen LogP contribution < -0.4 is 5.32 Å². The summed E-state index contributed by atoms with van der Waals surface area (Å²) in [5.74, 6) is 0. The minimum atomic E-state index is -0.467. The molecule has 5 heteroatoms. The molecule has 0 spiro atoms. The Hall–Kier alpha value is -0.390. The molecule has 0 aliphatic carbocycles. The van der Waals surface area contributed by atoms with E-state index in [4.69, 9.17) is 0 Å². The fourth-order valence-electron chi connectivity index (χ4n) is 2.23. The highest BCUT2D eigenvalue weighted by molar-refractivity contribution is 9.10. The zero-order valence-electron chi connectivity index (χ0n) is 9.49. The van der Waals surface area contributed by atoms with Crippen LogP contribution in [0.4, 0.5) is 0 Å². The maximum atomic E-state index is 10.3. The third-order valence-electron chi connectivity index (χ3n) is 3.03. The van der Waals surface area contributed by atoms with Gasteiger partial charge in [-0.2, -0.15) is 5.10 Å². The topological polar surface area (TPSA) is 50.1 Å². The molecule has 0 bridgehead atoms. The van der Waals surface area contributed by atoms with Crippen molar-refractivity contribution in [2.45, 2.75) is 44.9 Å². The van der Waals surface area contributed by atoms with Gasteiger partial charge in [0.05, 0.1) is 16.4 Å². The van der Waals surface area contributed by atoms with E-state index in [1.165, 1.54) is 0 Å². The van der Waals surface area contributed by atoms with Crippen LogP contribution in [0, 0.1) is 0 Å². The van der Waals surface area contributed by atoms with Crippen molar-refractivity contribution in [3.8, 4) is 0 Å². The number of aryl methyl sites for hydroxylation is 1. The molecule has 16 heavy (non-hydrogen) atoms. The SMILES string of the molecule is CCCn1ncc(Br)c1C(O)C1CCCN1. The largest absolute Gasteiger partial charge is 0.385 e. The quantitative estimate of drug-likeness (QED) is 0.889. The van der Waals surface area contributed by atoms with E-state index in [-0.39, 0.29) is 6.04 Å². The summed E-state index contributed by atoms with van der Waals surface area (Å²) in [6, 6.07) is 0.170. The van der Waals surface area contributed by atoms with Gasteiger partial charge in [0.2, 0.25) is 0 Å². The number of hydrogen-bond acceptors (Lipinski definition) is 3. The second kappa shape index (κ2) is 5.29. The second-order valence-corrected chi connectivity index (χ2v) is 5.10. The summed E-state index contributed by atoms with van der Waals surface area (Å²) >= 11 is 3.46. The standard InChI is InChI=1S/C11H18BrN3O/c1-2-6-15-10(8(12)7-14-15)11(16)9-4-3-5-13-9/h7,9,11,13,16H,2-6H2,1H3. The summed E-state index contributed by atoms with van der Waals surface area (Å²) in [5, 5.41) is 18.0. The van der Waals surface area contributed by atoms with Crippen molar-refractivity contribution in [1.82, 2.24) is 15.1 Å². The summed E-state index contributed by atoms with van der Waals surface area (Å²) in [7, 11) is 0. The van der Waals surface area contributed by atoms with Crippen LogP contribution in [0.2, 0.25) is 0 Å². The van der Waals surface area contributed by atoms with E-state index in [2.05, 4.69) is 33.3 Å². The molecule has 0 aromatic carbocycles. The molecule has 2 heterocycles. The summed E-state index contributed by atoms with van der Waals surface area (Å²) < 4.78 is 2.80. The van der Waals surface area contributed by atoms with Crippen LogP contribution in [0.3, 0.4) is 0 Å². The van der Waals surface area contributed by atoms with Gasteiger partial charge in [-0.3, -0.25) is 4.68 Å². The van der Waals surface area contributed by atoms with Crippen molar-refractivity contribution in [2.75, 3.05) is 6.54 Å². The maximum Gasteiger partial charge on any atom is 0.112 e. The van der Waals surface area contributed by atoms with E-state index in [0.29, 0.717) is 0 Å². The van der Waals surface area contributed by atoms with Gasteiger partial charge in [0.15, 0.2) is 0 Å². The molecule has 2 rings (SSSR count). The predicted octanol–water partition coefficient (Wildman–Crippen LogP) is 1.84. The van der Waals surface area contributed by atoms with Gasteiger partial charge in [-0.25, -0.2) is 0 Å². The number of rotatable bonds is 4. The number of nitrogens with one attached hydrogen (secondary N) is 1. The van der Waals surface area contributed by atoms with Crippen molar-refractivity contribution in [3.63, 3.8) is 0 Å². The van der Waals surface area contributed by atoms with Crippen molar-refractivity contribution in [1.29, 1.82) is 0 Å². The molecule has 2 unspecified atom stereocenters. The first kappa shape index (κ1) is 12.1. The van der Waals surface area contributed by atoms with Gasteiger partial charge >= 0.3 is 0 Å². The van der Waals surface area contributed by atoms with Gasteiger partial charge in [-0.15, -0.1) is 0 Å². The van der Waals surface area contributed by atoms with Crippen LogP contribution in [0.5, 0.6) is 0 Å². The van der Waals surface area contributed by atoms with Crippen molar-refractivity contribution >= 4 is 15.9 Å². The predicted molar refractivity (Wildman–Crippen MR) is 66.2 cm³/mol. The zero-order chi connectivity index (χ0) is 11.5. The average Bonchev–Trinajstić information content (AvgIpc) is 2.88. The molecule has 2 atom stereocenters. The zero-order valence-corrected chi connectivity index (χ0v) is 11.1. The second-order valence-electron chi connectivity index (χ2n) is 4.25. The lowest BCUT2D eigenvalue weighted by atomic mass is 10.1. The van der Waals surface area contributed by atoms with Crippen LogP contribution in [-0.2, 0) is 6.54 Å². The minimum Gasteiger partial charge on any atom is -0.385 e. The van der Waals surface area contributed by atoms with Gasteiger partial charge in [0, 0.05) is 12.6 Å². The number of aliphatic hydroxyl groups is 1. The summed E-state index contributed by atoms with van der Waals surface area (Å²) in [4.78, 5) is 0. The number of halogens is 1. The van der Waals surface area contributed by atoms with E-state index in [9.17, 15) is 5.11 Å². The van der Waals surface area contributed by atoms with Crippen LogP contribution >= 0.6 is 15.9 Å². The molecule has 1 aliphatic rings. The van der Waals surface area contributed by atoms with Gasteiger partial charge < -0.3 is 10.4 Å². The maximum absolute atomic E-state index is 10.3. The molecule has 1 aromatic heterocycles. The van der Waals surface area contributed by atoms with E-state index < -0.39 is 6.10 Å². The van der Waals surface area contributed by atoms with Gasteiger partial charge in [-0.1, -0.05) is 6.92 Å². The fourth-order valence-corrected chi connectivity index (χ4v) is 2.76. The average molecular weight is 288 g/mol. The Balaban J connectivity index is 2.19. The van der Waals surface area contributed by atoms with Crippen LogP contribution in [-0.4, -0.2) is 27.5 Å². The van der Waals surface area contributed by atoms with Gasteiger partial charge in [0.1, 0.15) is 6.10 Å². The van der Waals surface area contributed by atoms with E-state index in [0.717, 1.165) is 42.5 Å². The van der Waals surface area contributed by atoms with Gasteiger partial charge in [-0.05, 0) is 41.7 Å². The molecule has 0 saturated carbocycles. The molecule has 1 saturated heterocycles. The Kier molecular flexibility index (Phi) is 4.00. The molecule has 1 aromatic rings. The minimum absolute atomic E-state index is 0.170. The van der Waals surface area contributed by atoms with Crippen LogP contribution in [0.1, 0.15) is 38.0 Å². The summed E-state index contributed by atoms with van der Waals surface area (Å²) in [6.45, 7) is 3.96. The van der Waals surface area contributed by atoms with Crippen LogP contribution in [0.15, 0.2) is 10.7 Å². The first-order valence-electron chi connectivity index (χ1n) is 5.86. The molecular weight excluding hydrogens is 270 g/mol. The first-order chi connectivity index (χ1) is 7.74. The van der Waals surface area contributed by atoms with E-state index in [1.54, 1.807) is 6.20 Å². The molecule has 1 aliphatic heterocycles. The van der Waals surface area contributed by atoms with E-state index >= 15 is 0 Å². The lowest BCUT2D eigenvalue weighted by Gasteiger charge is -2.20. The third-order valence-corrected chi connectivity index (χ3v) is 3.64. The third kappa shape index (κ3) is 2.31. The Bertz CT molecular complexity index is 347. The van der Waals surface area contributed by atoms with E-state index in [1.807, 2.05) is 4.68 Å². The summed E-state index contributed by atoms with van der Waals surface area (Å²) in [5.41, 5.74) is 0.904. The highest BCUT2D eigenvalue weighted by atomic mass is 79.9. The Morgan fingerprint density at radius 2 is 2.56 bits per heavy atom. The Labute approximate surface area is 104 Å². The highest BCUT2D eigenvalue weighted by Crippen LogP contribution is 2.28. The lowest BCUT2D eigenvalue weighted by molar-refractivity contribution is 0.126. The molecule has 0 radical (unpaired) electrons. The molecule has 4 nitrogen and oxygen atoms in total. The van der Waals surface area contributed by atoms with Crippen molar-refractivity contribution in [3.05, 3.63) is 16.4 Å². The molecule has 90 valence electrons. The van der Waals surface area contributed by atoms with Crippen LogP contribution in [0.25, 0.3) is 0 Å². The number of hydrogen-bond donors (Lipinski definition) is 2. The number of nitrogens with zero attached hydrogens (tertiary/aromatic N) is 2. The van der Waals surface area contributed by atoms with Crippen molar-refractivity contribution in [2.24, 2.45) is 0 Å². The normalized spacial score (nSPS) is 22.6. The first-order valence-corrected chi connectivity index (χ1v) is 6.66. The Morgan fingerprint density at radius 1 is 1.75 bits per heavy atom. The fraction of sp³-hybridized carbons (Fsp3) is 0.727. The number of aromatic nitrogens is 2. The lowest BCUT2D eigenvalue weighted by Crippen LogP contribution is -2.30. The highest BCUT2D eigenvalue weighted by Gasteiger charge is 2.28. The Morgan fingerprint density at radius 3 is 3.19 bits per heavy atom. The smallest absolute Gasteiger partial charge is 0.112 e. The number of aliphatic hydroxyl groups excluding tert-OH is 1. The van der Waals surface area contributed by atoms with Gasteiger partial charge in [0.25, 0.3) is 0 Å².